The molecule has 0 radical (unpaired) electrons. The molecular weight excluding hydrogens is 318 g/mol. The number of sulfonamides is 1. The normalized spacial score (nSPS) is 22.1. The van der Waals surface area contributed by atoms with Crippen LogP contribution in [0.25, 0.3) is 0 Å². The van der Waals surface area contributed by atoms with Crippen LogP contribution in [0.2, 0.25) is 0 Å². The van der Waals surface area contributed by atoms with Gasteiger partial charge in [-0.1, -0.05) is 0 Å². The second-order valence-electron chi connectivity index (χ2n) is 6.44. The summed E-state index contributed by atoms with van der Waals surface area (Å²) in [6.45, 7) is 2.94. The fourth-order valence-corrected chi connectivity index (χ4v) is 5.21. The fraction of sp³-hybridized carbons (Fsp3) is 0.600. The van der Waals surface area contributed by atoms with Crippen molar-refractivity contribution in [2.24, 2.45) is 5.41 Å². The number of nitrogens with zero attached hydrogens (tertiary/aromatic N) is 2. The molecule has 1 aromatic rings. The zero-order valence-electron chi connectivity index (χ0n) is 12.9. The monoisotopic (exact) mass is 339 g/mol. The van der Waals surface area contributed by atoms with Crippen molar-refractivity contribution in [3.05, 3.63) is 34.4 Å². The topological polar surface area (TPSA) is 92.5 Å². The smallest absolute Gasteiger partial charge is 0.269 e. The third-order valence-electron chi connectivity index (χ3n) is 4.98. The van der Waals surface area contributed by atoms with Gasteiger partial charge in [0.1, 0.15) is 0 Å². The van der Waals surface area contributed by atoms with Gasteiger partial charge in [-0.25, -0.2) is 8.42 Å². The Morgan fingerprint density at radius 1 is 1.13 bits per heavy atom. The van der Waals surface area contributed by atoms with Gasteiger partial charge >= 0.3 is 0 Å². The van der Waals surface area contributed by atoms with Crippen molar-refractivity contribution in [2.45, 2.75) is 30.6 Å². The first kappa shape index (κ1) is 16.4. The highest BCUT2D eigenvalue weighted by Gasteiger charge is 2.40. The number of hydrogen-bond donors (Lipinski definition) is 1. The SMILES string of the molecule is O=[N+]([O-])c1ccc(S(=O)(=O)N2CCCC3(CCNCC3)C2)cc1. The summed E-state index contributed by atoms with van der Waals surface area (Å²) in [5, 5.41) is 14.0. The molecule has 23 heavy (non-hydrogen) atoms. The van der Waals surface area contributed by atoms with Gasteiger partial charge in [0.15, 0.2) is 0 Å². The van der Waals surface area contributed by atoms with Gasteiger partial charge in [-0.2, -0.15) is 4.31 Å². The molecule has 2 fully saturated rings. The van der Waals surface area contributed by atoms with Gasteiger partial charge in [-0.05, 0) is 56.3 Å². The molecule has 1 aromatic carbocycles. The number of nitro benzene ring substituents is 1. The van der Waals surface area contributed by atoms with Crippen molar-refractivity contribution >= 4 is 15.7 Å². The lowest BCUT2D eigenvalue weighted by atomic mass is 9.73. The standard InChI is InChI=1S/C15H21N3O4S/c19-18(20)13-2-4-14(5-3-13)23(21,22)17-11-1-6-15(12-17)7-9-16-10-8-15/h2-5,16H,1,6-12H2. The predicted molar refractivity (Wildman–Crippen MR) is 85.6 cm³/mol. The predicted octanol–water partition coefficient (Wildman–Crippen LogP) is 1.75. The van der Waals surface area contributed by atoms with E-state index >= 15 is 0 Å². The molecule has 2 saturated heterocycles. The van der Waals surface area contributed by atoms with E-state index in [1.165, 1.54) is 24.3 Å². The Hall–Kier alpha value is -1.51. The van der Waals surface area contributed by atoms with E-state index in [0.717, 1.165) is 38.8 Å². The van der Waals surface area contributed by atoms with Crippen LogP contribution in [0.15, 0.2) is 29.2 Å². The summed E-state index contributed by atoms with van der Waals surface area (Å²) in [7, 11) is -3.59. The summed E-state index contributed by atoms with van der Waals surface area (Å²) >= 11 is 0. The Balaban J connectivity index is 1.82. The molecule has 1 spiro atoms. The summed E-state index contributed by atoms with van der Waals surface area (Å²) in [5.74, 6) is 0. The van der Waals surface area contributed by atoms with Crippen molar-refractivity contribution in [3.63, 3.8) is 0 Å². The molecule has 0 aliphatic carbocycles. The number of rotatable bonds is 3. The van der Waals surface area contributed by atoms with Gasteiger partial charge < -0.3 is 5.32 Å². The molecule has 0 unspecified atom stereocenters. The van der Waals surface area contributed by atoms with Crippen molar-refractivity contribution in [1.82, 2.24) is 9.62 Å². The van der Waals surface area contributed by atoms with E-state index in [0.29, 0.717) is 13.1 Å². The van der Waals surface area contributed by atoms with Crippen molar-refractivity contribution in [1.29, 1.82) is 0 Å². The van der Waals surface area contributed by atoms with Gasteiger partial charge in [0.2, 0.25) is 10.0 Å². The number of nitrogens with one attached hydrogen (secondary N) is 1. The maximum absolute atomic E-state index is 12.8. The van der Waals surface area contributed by atoms with Gasteiger partial charge in [-0.3, -0.25) is 10.1 Å². The summed E-state index contributed by atoms with van der Waals surface area (Å²) < 4.78 is 27.2. The van der Waals surface area contributed by atoms with Gasteiger partial charge in [0.05, 0.1) is 9.82 Å². The van der Waals surface area contributed by atoms with Gasteiger partial charge in [0, 0.05) is 25.2 Å². The molecule has 3 rings (SSSR count). The van der Waals surface area contributed by atoms with E-state index in [4.69, 9.17) is 0 Å². The Kier molecular flexibility index (Phi) is 4.39. The van der Waals surface area contributed by atoms with E-state index in [2.05, 4.69) is 5.32 Å². The third-order valence-corrected chi connectivity index (χ3v) is 6.84. The maximum atomic E-state index is 12.8. The van der Waals surface area contributed by atoms with Crippen LogP contribution < -0.4 is 5.32 Å². The van der Waals surface area contributed by atoms with Crippen LogP contribution in [0.4, 0.5) is 5.69 Å². The van der Waals surface area contributed by atoms with E-state index in [1.54, 1.807) is 4.31 Å². The molecule has 0 amide bonds. The molecule has 0 bridgehead atoms. The zero-order chi connectivity index (χ0) is 16.5. The Morgan fingerprint density at radius 3 is 2.39 bits per heavy atom. The van der Waals surface area contributed by atoms with E-state index < -0.39 is 14.9 Å². The lowest BCUT2D eigenvalue weighted by molar-refractivity contribution is -0.384. The van der Waals surface area contributed by atoms with Gasteiger partial charge in [-0.15, -0.1) is 0 Å². The molecule has 1 N–H and O–H groups in total. The Bertz CT molecular complexity index is 676. The number of hydrogen-bond acceptors (Lipinski definition) is 5. The average Bonchev–Trinajstić information content (AvgIpc) is 2.55. The maximum Gasteiger partial charge on any atom is 0.269 e. The lowest BCUT2D eigenvalue weighted by Gasteiger charge is -2.44. The number of nitro groups is 1. The van der Waals surface area contributed by atoms with E-state index in [9.17, 15) is 18.5 Å². The minimum absolute atomic E-state index is 0.0807. The Morgan fingerprint density at radius 2 is 1.78 bits per heavy atom. The first-order chi connectivity index (χ1) is 10.9. The van der Waals surface area contributed by atoms with Crippen LogP contribution >= 0.6 is 0 Å². The van der Waals surface area contributed by atoms with Crippen molar-refractivity contribution in [2.75, 3.05) is 26.2 Å². The molecule has 126 valence electrons. The van der Waals surface area contributed by atoms with Crippen LogP contribution in [0.3, 0.4) is 0 Å². The minimum Gasteiger partial charge on any atom is -0.317 e. The molecule has 0 saturated carbocycles. The molecule has 0 atom stereocenters. The number of non-ortho nitro benzene ring substituents is 1. The second kappa shape index (κ2) is 6.18. The van der Waals surface area contributed by atoms with Crippen LogP contribution in [0.1, 0.15) is 25.7 Å². The summed E-state index contributed by atoms with van der Waals surface area (Å²) in [6.07, 6.45) is 3.94. The highest BCUT2D eigenvalue weighted by molar-refractivity contribution is 7.89. The molecule has 2 aliphatic heterocycles. The van der Waals surface area contributed by atoms with Crippen molar-refractivity contribution < 1.29 is 13.3 Å². The number of piperidine rings is 2. The molecule has 0 aromatic heterocycles. The van der Waals surface area contributed by atoms with E-state index in [-0.39, 0.29) is 16.0 Å². The quantitative estimate of drug-likeness (QED) is 0.669. The molecule has 8 heteroatoms. The van der Waals surface area contributed by atoms with Crippen LogP contribution in [0.5, 0.6) is 0 Å². The molecule has 2 heterocycles. The van der Waals surface area contributed by atoms with Crippen LogP contribution in [-0.2, 0) is 10.0 Å². The lowest BCUT2D eigenvalue weighted by Crippen LogP contribution is -2.50. The zero-order valence-corrected chi connectivity index (χ0v) is 13.7. The largest absolute Gasteiger partial charge is 0.317 e. The summed E-state index contributed by atoms with van der Waals surface area (Å²) in [6, 6.07) is 5.16. The van der Waals surface area contributed by atoms with Crippen LogP contribution in [-0.4, -0.2) is 43.8 Å². The molecule has 2 aliphatic rings. The van der Waals surface area contributed by atoms with Crippen molar-refractivity contribution in [3.8, 4) is 0 Å². The van der Waals surface area contributed by atoms with Gasteiger partial charge in [0.25, 0.3) is 5.69 Å². The molecule has 7 nitrogen and oxygen atoms in total. The highest BCUT2D eigenvalue weighted by atomic mass is 32.2. The first-order valence-electron chi connectivity index (χ1n) is 7.88. The highest BCUT2D eigenvalue weighted by Crippen LogP contribution is 2.39. The minimum atomic E-state index is -3.59. The van der Waals surface area contributed by atoms with Crippen LogP contribution in [0, 0.1) is 15.5 Å². The number of benzene rings is 1. The van der Waals surface area contributed by atoms with E-state index in [1.807, 2.05) is 0 Å². The fourth-order valence-electron chi connectivity index (χ4n) is 3.62. The Labute approximate surface area is 135 Å². The average molecular weight is 339 g/mol. The second-order valence-corrected chi connectivity index (χ2v) is 8.38. The third kappa shape index (κ3) is 3.24. The molecular formula is C15H21N3O4S. The summed E-state index contributed by atoms with van der Waals surface area (Å²) in [4.78, 5) is 10.3. The summed E-state index contributed by atoms with van der Waals surface area (Å²) in [5.41, 5.74) is -0.0189. The first-order valence-corrected chi connectivity index (χ1v) is 9.32.